The van der Waals surface area contributed by atoms with Gasteiger partial charge in [-0.25, -0.2) is 4.79 Å². The predicted octanol–water partition coefficient (Wildman–Crippen LogP) is 4.18. The molecule has 0 saturated carbocycles. The Morgan fingerprint density at radius 1 is 1.00 bits per heavy atom. The van der Waals surface area contributed by atoms with E-state index >= 15 is 0 Å². The number of hydrogen-bond acceptors (Lipinski definition) is 4. The van der Waals surface area contributed by atoms with Gasteiger partial charge in [0.1, 0.15) is 19.0 Å². The first kappa shape index (κ1) is 19.4. The standard InChI is InChI=1S/C21H24O5/c1-14-5-6-15(2)21(16(14)3)26-12-11-25-19-13-17(8-10-20(22)23)7-9-18(19)24-4/h5-10,13H,11-12H2,1-4H3,(H,22,23). The lowest BCUT2D eigenvalue weighted by Crippen LogP contribution is -2.11. The summed E-state index contributed by atoms with van der Waals surface area (Å²) in [7, 11) is 1.56. The molecule has 1 N–H and O–H groups in total. The number of aryl methyl sites for hydroxylation is 2. The van der Waals surface area contributed by atoms with Gasteiger partial charge < -0.3 is 19.3 Å². The Labute approximate surface area is 153 Å². The lowest BCUT2D eigenvalue weighted by molar-refractivity contribution is -0.131. The van der Waals surface area contributed by atoms with Crippen LogP contribution in [-0.2, 0) is 4.79 Å². The monoisotopic (exact) mass is 356 g/mol. The first-order valence-electron chi connectivity index (χ1n) is 8.34. The first-order valence-corrected chi connectivity index (χ1v) is 8.34. The Morgan fingerprint density at radius 3 is 2.38 bits per heavy atom. The summed E-state index contributed by atoms with van der Waals surface area (Å²) in [6.45, 7) is 6.85. The van der Waals surface area contributed by atoms with Crippen LogP contribution < -0.4 is 14.2 Å². The SMILES string of the molecule is COc1ccc(C=CC(=O)O)cc1OCCOc1c(C)ccc(C)c1C. The fraction of sp³-hybridized carbons (Fsp3) is 0.286. The van der Waals surface area contributed by atoms with Gasteiger partial charge in [-0.05, 0) is 61.2 Å². The van der Waals surface area contributed by atoms with Gasteiger partial charge in [0.15, 0.2) is 11.5 Å². The fourth-order valence-corrected chi connectivity index (χ4v) is 2.52. The largest absolute Gasteiger partial charge is 0.493 e. The molecule has 0 spiro atoms. The van der Waals surface area contributed by atoms with Gasteiger partial charge in [0.25, 0.3) is 0 Å². The Kier molecular flexibility index (Phi) is 6.67. The van der Waals surface area contributed by atoms with Crippen molar-refractivity contribution in [3.63, 3.8) is 0 Å². The zero-order valence-electron chi connectivity index (χ0n) is 15.5. The third-order valence-corrected chi connectivity index (χ3v) is 4.07. The molecule has 0 unspecified atom stereocenters. The normalized spacial score (nSPS) is 10.8. The quantitative estimate of drug-likeness (QED) is 0.568. The molecule has 2 aromatic rings. The summed E-state index contributed by atoms with van der Waals surface area (Å²) in [5.41, 5.74) is 4.12. The van der Waals surface area contributed by atoms with Crippen molar-refractivity contribution in [3.05, 3.63) is 58.7 Å². The highest BCUT2D eigenvalue weighted by Gasteiger charge is 2.08. The van der Waals surface area contributed by atoms with Crippen molar-refractivity contribution < 1.29 is 24.1 Å². The number of aliphatic carboxylic acids is 1. The van der Waals surface area contributed by atoms with Gasteiger partial charge in [-0.3, -0.25) is 0 Å². The molecule has 0 aromatic heterocycles. The number of carboxylic acids is 1. The third kappa shape index (κ3) is 5.02. The molecule has 0 bridgehead atoms. The molecule has 0 heterocycles. The highest BCUT2D eigenvalue weighted by molar-refractivity contribution is 5.85. The molecule has 138 valence electrons. The van der Waals surface area contributed by atoms with Crippen molar-refractivity contribution in [2.45, 2.75) is 20.8 Å². The number of methoxy groups -OCH3 is 1. The van der Waals surface area contributed by atoms with Gasteiger partial charge in [0.2, 0.25) is 0 Å². The highest BCUT2D eigenvalue weighted by atomic mass is 16.5. The first-order chi connectivity index (χ1) is 12.4. The van der Waals surface area contributed by atoms with Gasteiger partial charge in [-0.2, -0.15) is 0 Å². The van der Waals surface area contributed by atoms with Gasteiger partial charge in [0, 0.05) is 6.08 Å². The average molecular weight is 356 g/mol. The van der Waals surface area contributed by atoms with E-state index < -0.39 is 5.97 Å². The summed E-state index contributed by atoms with van der Waals surface area (Å²) in [5, 5.41) is 8.73. The van der Waals surface area contributed by atoms with Crippen LogP contribution in [0, 0.1) is 20.8 Å². The molecule has 26 heavy (non-hydrogen) atoms. The number of carboxylic acid groups (broad SMARTS) is 1. The van der Waals surface area contributed by atoms with Gasteiger partial charge in [-0.15, -0.1) is 0 Å². The van der Waals surface area contributed by atoms with E-state index in [2.05, 4.69) is 13.0 Å². The second-order valence-electron chi connectivity index (χ2n) is 5.93. The third-order valence-electron chi connectivity index (χ3n) is 4.07. The van der Waals surface area contributed by atoms with Crippen molar-refractivity contribution in [1.82, 2.24) is 0 Å². The molecule has 0 aliphatic carbocycles. The van der Waals surface area contributed by atoms with Crippen LogP contribution in [-0.4, -0.2) is 31.4 Å². The lowest BCUT2D eigenvalue weighted by Gasteiger charge is -2.15. The molecule has 0 aliphatic heterocycles. The topological polar surface area (TPSA) is 65.0 Å². The number of hydrogen-bond donors (Lipinski definition) is 1. The van der Waals surface area contributed by atoms with E-state index in [-0.39, 0.29) is 0 Å². The molecule has 0 amide bonds. The predicted molar refractivity (Wildman–Crippen MR) is 101 cm³/mol. The van der Waals surface area contributed by atoms with Crippen molar-refractivity contribution in [2.75, 3.05) is 20.3 Å². The second kappa shape index (κ2) is 8.94. The minimum absolute atomic E-state index is 0.343. The minimum Gasteiger partial charge on any atom is -0.493 e. The maximum Gasteiger partial charge on any atom is 0.328 e. The molecule has 0 radical (unpaired) electrons. The summed E-state index contributed by atoms with van der Waals surface area (Å²) in [6.07, 6.45) is 2.59. The van der Waals surface area contributed by atoms with Gasteiger partial charge in [0.05, 0.1) is 7.11 Å². The minimum atomic E-state index is -0.999. The molecular formula is C21H24O5. The van der Waals surface area contributed by atoms with E-state index in [1.807, 2.05) is 19.9 Å². The summed E-state index contributed by atoms with van der Waals surface area (Å²) in [6, 6.07) is 9.37. The van der Waals surface area contributed by atoms with E-state index in [9.17, 15) is 4.79 Å². The number of ether oxygens (including phenoxy) is 3. The summed E-state index contributed by atoms with van der Waals surface area (Å²) in [5.74, 6) is 1.01. The molecule has 0 saturated heterocycles. The summed E-state index contributed by atoms with van der Waals surface area (Å²) >= 11 is 0. The van der Waals surface area contributed by atoms with Crippen LogP contribution in [0.15, 0.2) is 36.4 Å². The number of benzene rings is 2. The fourth-order valence-electron chi connectivity index (χ4n) is 2.52. The second-order valence-corrected chi connectivity index (χ2v) is 5.93. The molecule has 0 aliphatic rings. The molecule has 0 atom stereocenters. The maximum absolute atomic E-state index is 10.6. The Hall–Kier alpha value is -2.95. The van der Waals surface area contributed by atoms with Crippen LogP contribution in [0.4, 0.5) is 0 Å². The van der Waals surface area contributed by atoms with Gasteiger partial charge in [-0.1, -0.05) is 18.2 Å². The van der Waals surface area contributed by atoms with Crippen LogP contribution in [0.1, 0.15) is 22.3 Å². The summed E-state index contributed by atoms with van der Waals surface area (Å²) in [4.78, 5) is 10.6. The highest BCUT2D eigenvalue weighted by Crippen LogP contribution is 2.29. The lowest BCUT2D eigenvalue weighted by atomic mass is 10.1. The summed E-state index contributed by atoms with van der Waals surface area (Å²) < 4.78 is 17.0. The van der Waals surface area contributed by atoms with Crippen molar-refractivity contribution >= 4 is 12.0 Å². The van der Waals surface area contributed by atoms with Crippen LogP contribution in [0.25, 0.3) is 6.08 Å². The Balaban J connectivity index is 2.02. The molecule has 0 fully saturated rings. The Morgan fingerprint density at radius 2 is 1.69 bits per heavy atom. The van der Waals surface area contributed by atoms with E-state index in [0.717, 1.165) is 28.5 Å². The average Bonchev–Trinajstić information content (AvgIpc) is 2.62. The van der Waals surface area contributed by atoms with Crippen LogP contribution in [0.3, 0.4) is 0 Å². The van der Waals surface area contributed by atoms with E-state index in [4.69, 9.17) is 19.3 Å². The van der Waals surface area contributed by atoms with E-state index in [0.29, 0.717) is 24.7 Å². The van der Waals surface area contributed by atoms with Crippen molar-refractivity contribution in [1.29, 1.82) is 0 Å². The van der Waals surface area contributed by atoms with E-state index in [1.54, 1.807) is 25.3 Å². The van der Waals surface area contributed by atoms with Crippen LogP contribution in [0.5, 0.6) is 17.2 Å². The van der Waals surface area contributed by atoms with E-state index in [1.165, 1.54) is 11.6 Å². The Bertz CT molecular complexity index is 808. The smallest absolute Gasteiger partial charge is 0.328 e. The maximum atomic E-state index is 10.6. The number of carbonyl (C=O) groups is 1. The molecular weight excluding hydrogens is 332 g/mol. The zero-order chi connectivity index (χ0) is 19.1. The molecule has 5 nitrogen and oxygen atoms in total. The van der Waals surface area contributed by atoms with Crippen molar-refractivity contribution in [3.8, 4) is 17.2 Å². The zero-order valence-corrected chi connectivity index (χ0v) is 15.5. The number of rotatable bonds is 8. The van der Waals surface area contributed by atoms with Crippen molar-refractivity contribution in [2.24, 2.45) is 0 Å². The molecule has 5 heteroatoms. The molecule has 2 rings (SSSR count). The van der Waals surface area contributed by atoms with Crippen LogP contribution in [0.2, 0.25) is 0 Å². The van der Waals surface area contributed by atoms with Gasteiger partial charge >= 0.3 is 5.97 Å². The molecule has 2 aromatic carbocycles. The van der Waals surface area contributed by atoms with Crippen LogP contribution >= 0.6 is 0 Å².